The lowest BCUT2D eigenvalue weighted by Crippen LogP contribution is -2.45. The van der Waals surface area contributed by atoms with Gasteiger partial charge < -0.3 is 14.5 Å². The van der Waals surface area contributed by atoms with Gasteiger partial charge in [0.1, 0.15) is 11.5 Å². The highest BCUT2D eigenvalue weighted by molar-refractivity contribution is 5.55. The minimum absolute atomic E-state index is 0.246. The Kier molecular flexibility index (Phi) is 6.36. The van der Waals surface area contributed by atoms with Crippen molar-refractivity contribution in [1.82, 2.24) is 24.2 Å². The fourth-order valence-corrected chi connectivity index (χ4v) is 5.61. The van der Waals surface area contributed by atoms with Crippen LogP contribution in [0, 0.1) is 6.92 Å². The van der Waals surface area contributed by atoms with Gasteiger partial charge in [-0.1, -0.05) is 12.1 Å². The Bertz CT molecular complexity index is 1100. The number of pyridine rings is 2. The van der Waals surface area contributed by atoms with Crippen molar-refractivity contribution in [1.29, 1.82) is 0 Å². The number of ether oxygens (including phenoxy) is 1. The molecule has 0 radical (unpaired) electrons. The van der Waals surface area contributed by atoms with Crippen LogP contribution in [-0.2, 0) is 11.3 Å². The van der Waals surface area contributed by atoms with Gasteiger partial charge in [0.2, 0.25) is 0 Å². The second-order valence-corrected chi connectivity index (χ2v) is 9.58. The van der Waals surface area contributed by atoms with Gasteiger partial charge in [-0.2, -0.15) is 0 Å². The van der Waals surface area contributed by atoms with Crippen LogP contribution in [-0.4, -0.2) is 71.6 Å². The highest BCUT2D eigenvalue weighted by Crippen LogP contribution is 2.42. The lowest BCUT2D eigenvalue weighted by molar-refractivity contribution is 0.106. The average Bonchev–Trinajstić information content (AvgIpc) is 3.19. The van der Waals surface area contributed by atoms with Gasteiger partial charge in [0.05, 0.1) is 35.8 Å². The van der Waals surface area contributed by atoms with Crippen molar-refractivity contribution in [2.45, 2.75) is 44.9 Å². The van der Waals surface area contributed by atoms with Crippen LogP contribution in [0.5, 0.6) is 0 Å². The van der Waals surface area contributed by atoms with Crippen LogP contribution in [0.3, 0.4) is 0 Å². The number of aromatic nitrogens is 3. The number of methoxy groups -OCH3 is 1. The molecular weight excluding hydrogens is 412 g/mol. The second kappa shape index (κ2) is 9.41. The molecular formula is C26H36N6O. The monoisotopic (exact) mass is 448 g/mol. The molecule has 3 aromatic rings. The van der Waals surface area contributed by atoms with Crippen LogP contribution < -0.4 is 4.90 Å². The van der Waals surface area contributed by atoms with E-state index >= 15 is 0 Å². The Morgan fingerprint density at radius 3 is 2.45 bits per heavy atom. The zero-order valence-corrected chi connectivity index (χ0v) is 20.4. The zero-order valence-electron chi connectivity index (χ0n) is 20.4. The van der Waals surface area contributed by atoms with Crippen LogP contribution >= 0.6 is 0 Å². The number of hydrogen-bond acceptors (Lipinski definition) is 6. The topological polar surface area (TPSA) is 49.1 Å². The van der Waals surface area contributed by atoms with E-state index in [0.717, 1.165) is 50.4 Å². The summed E-state index contributed by atoms with van der Waals surface area (Å²) in [6.45, 7) is 6.93. The number of aryl methyl sites for hydroxylation is 1. The van der Waals surface area contributed by atoms with E-state index in [1.165, 1.54) is 29.2 Å². The number of hydrogen-bond donors (Lipinski definition) is 0. The maximum absolute atomic E-state index is 5.73. The van der Waals surface area contributed by atoms with Gasteiger partial charge in [0.25, 0.3) is 0 Å². The average molecular weight is 449 g/mol. The molecule has 176 valence electrons. The standard InChI is InChI=1S/C26H36N6O/c1-19-8-7-13-27-25(19)20-9-5-10-21(30(20)3)26-22(18-33-4)32-23(28-26)11-6-12-24(32)31-16-14-29(2)15-17-31/h6-8,11-13,20-21H,5,9-10,14-18H2,1-4H3. The maximum atomic E-state index is 5.73. The van der Waals surface area contributed by atoms with E-state index < -0.39 is 0 Å². The van der Waals surface area contributed by atoms with Gasteiger partial charge in [-0.15, -0.1) is 0 Å². The molecule has 33 heavy (non-hydrogen) atoms. The van der Waals surface area contributed by atoms with Crippen LogP contribution in [0.2, 0.25) is 0 Å². The van der Waals surface area contributed by atoms with E-state index in [1.807, 2.05) is 12.3 Å². The molecule has 5 heterocycles. The van der Waals surface area contributed by atoms with Crippen molar-refractivity contribution in [2.24, 2.45) is 0 Å². The minimum Gasteiger partial charge on any atom is -0.378 e. The Labute approximate surface area is 197 Å². The molecule has 2 unspecified atom stereocenters. The van der Waals surface area contributed by atoms with Crippen LogP contribution in [0.1, 0.15) is 54.0 Å². The summed E-state index contributed by atoms with van der Waals surface area (Å²) >= 11 is 0. The molecule has 2 aliphatic rings. The predicted molar refractivity (Wildman–Crippen MR) is 132 cm³/mol. The number of piperazine rings is 1. The number of fused-ring (bicyclic) bond motifs is 1. The Hall–Kier alpha value is -2.48. The van der Waals surface area contributed by atoms with E-state index in [-0.39, 0.29) is 6.04 Å². The molecule has 2 saturated heterocycles. The van der Waals surface area contributed by atoms with E-state index in [9.17, 15) is 0 Å². The van der Waals surface area contributed by atoms with Crippen molar-refractivity contribution in [3.63, 3.8) is 0 Å². The first-order chi connectivity index (χ1) is 16.1. The summed E-state index contributed by atoms with van der Waals surface area (Å²) in [6.07, 6.45) is 5.32. The number of likely N-dealkylation sites (tertiary alicyclic amines) is 1. The van der Waals surface area contributed by atoms with Gasteiger partial charge in [0, 0.05) is 39.5 Å². The molecule has 2 atom stereocenters. The maximum Gasteiger partial charge on any atom is 0.138 e. The number of imidazole rings is 1. The number of piperidine rings is 1. The normalized spacial score (nSPS) is 22.8. The molecule has 0 bridgehead atoms. The van der Waals surface area contributed by atoms with Gasteiger partial charge in [-0.3, -0.25) is 14.3 Å². The third-order valence-corrected chi connectivity index (χ3v) is 7.48. The summed E-state index contributed by atoms with van der Waals surface area (Å²) in [6, 6.07) is 11.2. The molecule has 7 heteroatoms. The molecule has 0 saturated carbocycles. The number of anilines is 1. The first kappa shape index (κ1) is 22.3. The molecule has 0 spiro atoms. The summed E-state index contributed by atoms with van der Waals surface area (Å²) in [5, 5.41) is 0. The van der Waals surface area contributed by atoms with Crippen LogP contribution in [0.25, 0.3) is 5.65 Å². The molecule has 5 rings (SSSR count). The number of nitrogens with zero attached hydrogens (tertiary/aromatic N) is 6. The van der Waals surface area contributed by atoms with Gasteiger partial charge >= 0.3 is 0 Å². The summed E-state index contributed by atoms with van der Waals surface area (Å²) in [7, 11) is 6.22. The third kappa shape index (κ3) is 4.14. The molecule has 2 aliphatic heterocycles. The van der Waals surface area contributed by atoms with Gasteiger partial charge in [0.15, 0.2) is 0 Å². The Morgan fingerprint density at radius 2 is 1.73 bits per heavy atom. The summed E-state index contributed by atoms with van der Waals surface area (Å²) in [4.78, 5) is 17.3. The van der Waals surface area contributed by atoms with Gasteiger partial charge in [-0.25, -0.2) is 4.98 Å². The molecule has 0 aromatic carbocycles. The molecule has 7 nitrogen and oxygen atoms in total. The molecule has 0 amide bonds. The van der Waals surface area contributed by atoms with E-state index in [0.29, 0.717) is 12.6 Å². The lowest BCUT2D eigenvalue weighted by atomic mass is 9.90. The quantitative estimate of drug-likeness (QED) is 0.591. The summed E-state index contributed by atoms with van der Waals surface area (Å²) in [5.74, 6) is 1.22. The molecule has 0 aliphatic carbocycles. The molecule has 2 fully saturated rings. The predicted octanol–water partition coefficient (Wildman–Crippen LogP) is 3.83. The first-order valence-corrected chi connectivity index (χ1v) is 12.1. The lowest BCUT2D eigenvalue weighted by Gasteiger charge is -2.39. The zero-order chi connectivity index (χ0) is 22.9. The summed E-state index contributed by atoms with van der Waals surface area (Å²) in [5.41, 5.74) is 5.80. The van der Waals surface area contributed by atoms with E-state index in [4.69, 9.17) is 14.7 Å². The van der Waals surface area contributed by atoms with E-state index in [2.05, 4.69) is 64.4 Å². The number of likely N-dealkylation sites (N-methyl/N-ethyl adjacent to an activating group) is 1. The largest absolute Gasteiger partial charge is 0.378 e. The molecule has 3 aromatic heterocycles. The minimum atomic E-state index is 0.246. The van der Waals surface area contributed by atoms with Crippen LogP contribution in [0.4, 0.5) is 5.82 Å². The number of rotatable bonds is 5. The highest BCUT2D eigenvalue weighted by atomic mass is 16.5. The van der Waals surface area contributed by atoms with Crippen molar-refractivity contribution in [3.8, 4) is 0 Å². The fourth-order valence-electron chi connectivity index (χ4n) is 5.61. The van der Waals surface area contributed by atoms with Gasteiger partial charge in [-0.05, 0) is 64.0 Å². The smallest absolute Gasteiger partial charge is 0.138 e. The third-order valence-electron chi connectivity index (χ3n) is 7.48. The Morgan fingerprint density at radius 1 is 0.970 bits per heavy atom. The van der Waals surface area contributed by atoms with Crippen molar-refractivity contribution in [2.75, 3.05) is 52.3 Å². The van der Waals surface area contributed by atoms with E-state index in [1.54, 1.807) is 7.11 Å². The van der Waals surface area contributed by atoms with Crippen molar-refractivity contribution >= 4 is 11.5 Å². The fraction of sp³-hybridized carbons (Fsp3) is 0.538. The first-order valence-electron chi connectivity index (χ1n) is 12.1. The van der Waals surface area contributed by atoms with Crippen molar-refractivity contribution in [3.05, 3.63) is 59.2 Å². The SMILES string of the molecule is COCc1c(C2CCCC(c3ncccc3C)N2C)nc2cccc(N3CCN(C)CC3)n12. The second-order valence-electron chi connectivity index (χ2n) is 9.58. The van der Waals surface area contributed by atoms with Crippen LogP contribution in [0.15, 0.2) is 36.5 Å². The summed E-state index contributed by atoms with van der Waals surface area (Å²) < 4.78 is 8.07. The Balaban J connectivity index is 1.55. The van der Waals surface area contributed by atoms with Crippen molar-refractivity contribution < 1.29 is 4.74 Å². The molecule has 0 N–H and O–H groups in total. The highest BCUT2D eigenvalue weighted by Gasteiger charge is 2.35.